The van der Waals surface area contributed by atoms with Crippen LogP contribution in [0.25, 0.3) is 0 Å². The number of hydrogen-bond donors (Lipinski definition) is 0. The smallest absolute Gasteiger partial charge is 0.165 e. The van der Waals surface area contributed by atoms with Crippen LogP contribution < -0.4 is 0 Å². The summed E-state index contributed by atoms with van der Waals surface area (Å²) in [7, 11) is 0. The van der Waals surface area contributed by atoms with Crippen molar-refractivity contribution in [2.75, 3.05) is 6.61 Å². The van der Waals surface area contributed by atoms with E-state index in [0.29, 0.717) is 18.8 Å². The van der Waals surface area contributed by atoms with Crippen LogP contribution in [0.15, 0.2) is 11.3 Å². The first-order valence-electron chi connectivity index (χ1n) is 4.26. The molecule has 1 aliphatic heterocycles. The molecular weight excluding hydrogens is 140 g/mol. The average Bonchev–Trinajstić information content (AvgIpc) is 2.06. The fourth-order valence-electron chi connectivity index (χ4n) is 1.75. The van der Waals surface area contributed by atoms with Crippen molar-refractivity contribution in [1.29, 1.82) is 0 Å². The van der Waals surface area contributed by atoms with E-state index in [9.17, 15) is 4.79 Å². The molecule has 2 aliphatic rings. The van der Waals surface area contributed by atoms with Crippen LogP contribution in [0.1, 0.15) is 32.1 Å². The molecular formula is C9H12O2. The number of allylic oxidation sites excluding steroid dienone is 2. The van der Waals surface area contributed by atoms with E-state index in [1.54, 1.807) is 0 Å². The second-order valence-electron chi connectivity index (χ2n) is 3.13. The van der Waals surface area contributed by atoms with Crippen molar-refractivity contribution in [3.8, 4) is 0 Å². The molecule has 0 atom stereocenters. The zero-order valence-electron chi connectivity index (χ0n) is 6.56. The monoisotopic (exact) mass is 152 g/mol. The van der Waals surface area contributed by atoms with Gasteiger partial charge in [-0.2, -0.15) is 0 Å². The zero-order chi connectivity index (χ0) is 7.68. The summed E-state index contributed by atoms with van der Waals surface area (Å²) in [6.45, 7) is 0.609. The number of ether oxygens (including phenoxy) is 1. The van der Waals surface area contributed by atoms with Crippen LogP contribution >= 0.6 is 0 Å². The van der Waals surface area contributed by atoms with Gasteiger partial charge in [0.2, 0.25) is 0 Å². The molecule has 0 N–H and O–H groups in total. The summed E-state index contributed by atoms with van der Waals surface area (Å²) in [5, 5.41) is 0. The van der Waals surface area contributed by atoms with Gasteiger partial charge in [0.05, 0.1) is 6.61 Å². The summed E-state index contributed by atoms with van der Waals surface area (Å²) in [5.74, 6) is 1.32. The zero-order valence-corrected chi connectivity index (χ0v) is 6.56. The fourth-order valence-corrected chi connectivity index (χ4v) is 1.75. The van der Waals surface area contributed by atoms with Gasteiger partial charge in [-0.05, 0) is 19.3 Å². The van der Waals surface area contributed by atoms with Gasteiger partial charge in [0.15, 0.2) is 5.78 Å². The van der Waals surface area contributed by atoms with Crippen LogP contribution in [0, 0.1) is 0 Å². The third-order valence-electron chi connectivity index (χ3n) is 2.36. The summed E-state index contributed by atoms with van der Waals surface area (Å²) >= 11 is 0. The lowest BCUT2D eigenvalue weighted by molar-refractivity contribution is -0.118. The number of Topliss-reactive ketones (excluding diaryl/α,β-unsaturated/α-hetero) is 1. The molecule has 11 heavy (non-hydrogen) atoms. The largest absolute Gasteiger partial charge is 0.497 e. The van der Waals surface area contributed by atoms with Gasteiger partial charge in [-0.25, -0.2) is 0 Å². The summed E-state index contributed by atoms with van der Waals surface area (Å²) in [5.41, 5.74) is 0.988. The average molecular weight is 152 g/mol. The van der Waals surface area contributed by atoms with E-state index in [2.05, 4.69) is 0 Å². The third-order valence-corrected chi connectivity index (χ3v) is 2.36. The Labute approximate surface area is 66.2 Å². The molecule has 1 aliphatic carbocycles. The lowest BCUT2D eigenvalue weighted by Gasteiger charge is -2.23. The lowest BCUT2D eigenvalue weighted by atomic mass is 9.92. The predicted molar refractivity (Wildman–Crippen MR) is 41.1 cm³/mol. The molecule has 0 aromatic rings. The van der Waals surface area contributed by atoms with Gasteiger partial charge in [-0.1, -0.05) is 0 Å². The Morgan fingerprint density at radius 3 is 2.73 bits per heavy atom. The maximum atomic E-state index is 11.3. The summed E-state index contributed by atoms with van der Waals surface area (Å²) in [6.07, 6.45) is 4.88. The first-order valence-corrected chi connectivity index (χ1v) is 4.26. The van der Waals surface area contributed by atoms with Crippen molar-refractivity contribution in [2.24, 2.45) is 0 Å². The van der Waals surface area contributed by atoms with Gasteiger partial charge in [0, 0.05) is 18.4 Å². The van der Waals surface area contributed by atoms with E-state index in [-0.39, 0.29) is 0 Å². The highest BCUT2D eigenvalue weighted by molar-refractivity contribution is 5.96. The normalized spacial score (nSPS) is 24.5. The fraction of sp³-hybridized carbons (Fsp3) is 0.667. The Kier molecular flexibility index (Phi) is 1.68. The Hall–Kier alpha value is -0.790. The van der Waals surface area contributed by atoms with Gasteiger partial charge in [-0.15, -0.1) is 0 Å². The van der Waals surface area contributed by atoms with Crippen molar-refractivity contribution >= 4 is 5.78 Å². The molecule has 0 spiro atoms. The molecule has 0 aromatic heterocycles. The molecule has 0 radical (unpaired) electrons. The second-order valence-corrected chi connectivity index (χ2v) is 3.13. The minimum atomic E-state index is 0.325. The summed E-state index contributed by atoms with van der Waals surface area (Å²) < 4.78 is 5.41. The molecule has 60 valence electrons. The Morgan fingerprint density at radius 2 is 1.91 bits per heavy atom. The molecule has 2 rings (SSSR count). The van der Waals surface area contributed by atoms with Crippen molar-refractivity contribution in [3.63, 3.8) is 0 Å². The standard InChI is InChI=1S/C9H12O2/c10-8-5-6-11-9-4-2-1-3-7(8)9/h1-6H2. The van der Waals surface area contributed by atoms with E-state index in [1.165, 1.54) is 6.42 Å². The van der Waals surface area contributed by atoms with Crippen molar-refractivity contribution in [1.82, 2.24) is 0 Å². The predicted octanol–water partition coefficient (Wildman–Crippen LogP) is 1.80. The minimum Gasteiger partial charge on any atom is -0.497 e. The second kappa shape index (κ2) is 2.68. The maximum absolute atomic E-state index is 11.3. The number of ketones is 1. The summed E-state index contributed by atoms with van der Waals surface area (Å²) in [6, 6.07) is 0. The van der Waals surface area contributed by atoms with Crippen LogP contribution in [0.2, 0.25) is 0 Å². The summed E-state index contributed by atoms with van der Waals surface area (Å²) in [4.78, 5) is 11.3. The first-order chi connectivity index (χ1) is 5.38. The van der Waals surface area contributed by atoms with Gasteiger partial charge >= 0.3 is 0 Å². The van der Waals surface area contributed by atoms with Crippen LogP contribution in [-0.2, 0) is 9.53 Å². The van der Waals surface area contributed by atoms with E-state index in [0.717, 1.165) is 30.6 Å². The number of hydrogen-bond acceptors (Lipinski definition) is 2. The molecule has 2 heteroatoms. The van der Waals surface area contributed by atoms with E-state index < -0.39 is 0 Å². The van der Waals surface area contributed by atoms with Crippen molar-refractivity contribution in [3.05, 3.63) is 11.3 Å². The molecule has 0 amide bonds. The van der Waals surface area contributed by atoms with E-state index >= 15 is 0 Å². The molecule has 0 fully saturated rings. The maximum Gasteiger partial charge on any atom is 0.165 e. The van der Waals surface area contributed by atoms with Crippen LogP contribution in [0.4, 0.5) is 0 Å². The minimum absolute atomic E-state index is 0.325. The van der Waals surface area contributed by atoms with Gasteiger partial charge in [-0.3, -0.25) is 4.79 Å². The quantitative estimate of drug-likeness (QED) is 0.529. The van der Waals surface area contributed by atoms with Crippen LogP contribution in [0.3, 0.4) is 0 Å². The lowest BCUT2D eigenvalue weighted by Crippen LogP contribution is -2.19. The topological polar surface area (TPSA) is 26.3 Å². The molecule has 0 aromatic carbocycles. The van der Waals surface area contributed by atoms with E-state index in [1.807, 2.05) is 0 Å². The van der Waals surface area contributed by atoms with Gasteiger partial charge in [0.25, 0.3) is 0 Å². The first kappa shape index (κ1) is 6.89. The molecule has 0 unspecified atom stereocenters. The third kappa shape index (κ3) is 1.17. The number of rotatable bonds is 0. The molecule has 2 nitrogen and oxygen atoms in total. The van der Waals surface area contributed by atoms with Crippen molar-refractivity contribution < 1.29 is 9.53 Å². The highest BCUT2D eigenvalue weighted by atomic mass is 16.5. The van der Waals surface area contributed by atoms with Gasteiger partial charge in [0.1, 0.15) is 5.76 Å². The van der Waals surface area contributed by atoms with Gasteiger partial charge < -0.3 is 4.74 Å². The Balaban J connectivity index is 2.27. The molecule has 0 saturated carbocycles. The van der Waals surface area contributed by atoms with Crippen LogP contribution in [-0.4, -0.2) is 12.4 Å². The van der Waals surface area contributed by atoms with Crippen molar-refractivity contribution in [2.45, 2.75) is 32.1 Å². The number of carbonyl (C=O) groups is 1. The molecule has 0 saturated heterocycles. The SMILES string of the molecule is O=C1CCOC2=C1CCCC2. The van der Waals surface area contributed by atoms with Crippen LogP contribution in [0.5, 0.6) is 0 Å². The van der Waals surface area contributed by atoms with E-state index in [4.69, 9.17) is 4.74 Å². The number of carbonyl (C=O) groups excluding carboxylic acids is 1. The molecule has 0 bridgehead atoms. The Bertz CT molecular complexity index is 212. The highest BCUT2D eigenvalue weighted by Gasteiger charge is 2.23. The molecule has 1 heterocycles. The Morgan fingerprint density at radius 1 is 1.09 bits per heavy atom. The highest BCUT2D eigenvalue weighted by Crippen LogP contribution is 2.29.